The van der Waals surface area contributed by atoms with Gasteiger partial charge in [0.2, 0.25) is 0 Å². The van der Waals surface area contributed by atoms with Gasteiger partial charge < -0.3 is 5.32 Å². The van der Waals surface area contributed by atoms with Crippen molar-refractivity contribution in [2.45, 2.75) is 84.2 Å². The molecule has 2 fully saturated rings. The van der Waals surface area contributed by atoms with Crippen LogP contribution in [-0.2, 0) is 0 Å². The first-order chi connectivity index (χ1) is 9.56. The summed E-state index contributed by atoms with van der Waals surface area (Å²) in [6.45, 7) is 13.3. The molecule has 2 aliphatic rings. The summed E-state index contributed by atoms with van der Waals surface area (Å²) in [7, 11) is 0. The van der Waals surface area contributed by atoms with Gasteiger partial charge in [-0.2, -0.15) is 0 Å². The highest BCUT2D eigenvalue weighted by molar-refractivity contribution is 5.00. The molecule has 0 radical (unpaired) electrons. The third-order valence-electron chi connectivity index (χ3n) is 5.57. The second-order valence-corrected chi connectivity index (χ2v) is 7.86. The molecule has 0 amide bonds. The van der Waals surface area contributed by atoms with Crippen molar-refractivity contribution >= 4 is 0 Å². The standard InChI is InChI=1S/C18H36N2/c1-5-9-16(4)13-20-14-18(10-7-6-8-11-18)19-12-17(20)15(2)3/h15-17,19H,5-14H2,1-4H3. The Labute approximate surface area is 126 Å². The van der Waals surface area contributed by atoms with Crippen molar-refractivity contribution in [3.05, 3.63) is 0 Å². The molecule has 1 aliphatic heterocycles. The van der Waals surface area contributed by atoms with Gasteiger partial charge in [-0.3, -0.25) is 4.90 Å². The second-order valence-electron chi connectivity index (χ2n) is 7.86. The van der Waals surface area contributed by atoms with Gasteiger partial charge in [0.15, 0.2) is 0 Å². The van der Waals surface area contributed by atoms with E-state index in [4.69, 9.17) is 0 Å². The van der Waals surface area contributed by atoms with E-state index in [0.29, 0.717) is 5.54 Å². The maximum absolute atomic E-state index is 3.96. The van der Waals surface area contributed by atoms with Crippen LogP contribution in [0.25, 0.3) is 0 Å². The van der Waals surface area contributed by atoms with Gasteiger partial charge in [-0.25, -0.2) is 0 Å². The lowest BCUT2D eigenvalue weighted by Gasteiger charge is -2.51. The van der Waals surface area contributed by atoms with Crippen LogP contribution in [-0.4, -0.2) is 36.1 Å². The van der Waals surface area contributed by atoms with Crippen molar-refractivity contribution in [3.8, 4) is 0 Å². The van der Waals surface area contributed by atoms with Gasteiger partial charge in [0.1, 0.15) is 0 Å². The first-order valence-electron chi connectivity index (χ1n) is 9.05. The van der Waals surface area contributed by atoms with Gasteiger partial charge in [-0.1, -0.05) is 53.4 Å². The zero-order valence-corrected chi connectivity index (χ0v) is 14.3. The molecule has 0 aromatic rings. The highest BCUT2D eigenvalue weighted by Crippen LogP contribution is 2.33. The Morgan fingerprint density at radius 2 is 1.85 bits per heavy atom. The van der Waals surface area contributed by atoms with Crippen LogP contribution in [0, 0.1) is 11.8 Å². The monoisotopic (exact) mass is 280 g/mol. The van der Waals surface area contributed by atoms with E-state index in [1.807, 2.05) is 0 Å². The maximum atomic E-state index is 3.96. The predicted octanol–water partition coefficient (Wildman–Crippen LogP) is 4.06. The number of piperazine rings is 1. The van der Waals surface area contributed by atoms with Gasteiger partial charge in [-0.15, -0.1) is 0 Å². The summed E-state index contributed by atoms with van der Waals surface area (Å²) < 4.78 is 0. The third kappa shape index (κ3) is 3.98. The molecular formula is C18H36N2. The van der Waals surface area contributed by atoms with E-state index < -0.39 is 0 Å². The molecule has 0 aromatic carbocycles. The van der Waals surface area contributed by atoms with E-state index in [0.717, 1.165) is 17.9 Å². The van der Waals surface area contributed by atoms with Crippen molar-refractivity contribution < 1.29 is 0 Å². The molecule has 2 unspecified atom stereocenters. The van der Waals surface area contributed by atoms with Crippen LogP contribution in [0.1, 0.15) is 72.6 Å². The normalized spacial score (nSPS) is 28.9. The molecule has 1 saturated heterocycles. The Balaban J connectivity index is 2.01. The van der Waals surface area contributed by atoms with Crippen molar-refractivity contribution in [2.75, 3.05) is 19.6 Å². The molecule has 20 heavy (non-hydrogen) atoms. The van der Waals surface area contributed by atoms with Crippen molar-refractivity contribution in [3.63, 3.8) is 0 Å². The number of hydrogen-bond donors (Lipinski definition) is 1. The highest BCUT2D eigenvalue weighted by atomic mass is 15.3. The minimum absolute atomic E-state index is 0.454. The lowest BCUT2D eigenvalue weighted by Crippen LogP contribution is -2.66. The zero-order valence-electron chi connectivity index (χ0n) is 14.3. The molecule has 2 rings (SSSR count). The Kier molecular flexibility index (Phi) is 5.92. The quantitative estimate of drug-likeness (QED) is 0.817. The number of rotatable bonds is 5. The maximum Gasteiger partial charge on any atom is 0.0309 e. The van der Waals surface area contributed by atoms with Crippen molar-refractivity contribution in [1.29, 1.82) is 0 Å². The molecule has 0 aromatic heterocycles. The van der Waals surface area contributed by atoms with Gasteiger partial charge >= 0.3 is 0 Å². The third-order valence-corrected chi connectivity index (χ3v) is 5.57. The summed E-state index contributed by atoms with van der Waals surface area (Å²) in [6.07, 6.45) is 9.80. The van der Waals surface area contributed by atoms with E-state index in [9.17, 15) is 0 Å². The average Bonchev–Trinajstić information content (AvgIpc) is 2.39. The molecule has 1 saturated carbocycles. The van der Waals surface area contributed by atoms with Crippen LogP contribution in [0.5, 0.6) is 0 Å². The fraction of sp³-hybridized carbons (Fsp3) is 1.00. The molecule has 2 atom stereocenters. The first kappa shape index (κ1) is 16.3. The topological polar surface area (TPSA) is 15.3 Å². The summed E-state index contributed by atoms with van der Waals surface area (Å²) in [4.78, 5) is 2.84. The van der Waals surface area contributed by atoms with Crippen LogP contribution < -0.4 is 5.32 Å². The van der Waals surface area contributed by atoms with Gasteiger partial charge in [0.25, 0.3) is 0 Å². The molecule has 0 bridgehead atoms. The Morgan fingerprint density at radius 1 is 1.15 bits per heavy atom. The van der Waals surface area contributed by atoms with E-state index in [1.165, 1.54) is 64.6 Å². The number of hydrogen-bond acceptors (Lipinski definition) is 2. The van der Waals surface area contributed by atoms with Gasteiger partial charge in [-0.05, 0) is 31.1 Å². The van der Waals surface area contributed by atoms with Crippen molar-refractivity contribution in [2.24, 2.45) is 11.8 Å². The predicted molar refractivity (Wildman–Crippen MR) is 88.1 cm³/mol. The van der Waals surface area contributed by atoms with Crippen LogP contribution in [0.2, 0.25) is 0 Å². The Bertz CT molecular complexity index is 281. The van der Waals surface area contributed by atoms with Gasteiger partial charge in [0, 0.05) is 31.2 Å². The fourth-order valence-corrected chi connectivity index (χ4v) is 4.42. The molecule has 2 heteroatoms. The molecule has 2 nitrogen and oxygen atoms in total. The van der Waals surface area contributed by atoms with E-state index in [-0.39, 0.29) is 0 Å². The van der Waals surface area contributed by atoms with Crippen LogP contribution in [0.15, 0.2) is 0 Å². The molecule has 1 N–H and O–H groups in total. The van der Waals surface area contributed by atoms with Crippen molar-refractivity contribution in [1.82, 2.24) is 10.2 Å². The Hall–Kier alpha value is -0.0800. The zero-order chi connectivity index (χ0) is 14.6. The number of nitrogens with zero attached hydrogens (tertiary/aromatic N) is 1. The lowest BCUT2D eigenvalue weighted by molar-refractivity contribution is 0.0267. The van der Waals surface area contributed by atoms with Crippen LogP contribution in [0.4, 0.5) is 0 Å². The van der Waals surface area contributed by atoms with Gasteiger partial charge in [0.05, 0.1) is 0 Å². The molecule has 118 valence electrons. The SMILES string of the molecule is CCCC(C)CN1CC2(CCCCC2)NCC1C(C)C. The molecule has 1 spiro atoms. The lowest BCUT2D eigenvalue weighted by atomic mass is 9.78. The summed E-state index contributed by atoms with van der Waals surface area (Å²) in [5, 5.41) is 3.96. The summed E-state index contributed by atoms with van der Waals surface area (Å²) in [6, 6.07) is 0.738. The highest BCUT2D eigenvalue weighted by Gasteiger charge is 2.40. The molecule has 1 heterocycles. The Morgan fingerprint density at radius 3 is 2.45 bits per heavy atom. The first-order valence-corrected chi connectivity index (χ1v) is 9.05. The molecular weight excluding hydrogens is 244 g/mol. The van der Waals surface area contributed by atoms with E-state index in [2.05, 4.69) is 37.9 Å². The van der Waals surface area contributed by atoms with E-state index >= 15 is 0 Å². The second kappa shape index (κ2) is 7.26. The summed E-state index contributed by atoms with van der Waals surface area (Å²) >= 11 is 0. The average molecular weight is 280 g/mol. The largest absolute Gasteiger partial charge is 0.308 e. The minimum atomic E-state index is 0.454. The number of nitrogens with one attached hydrogen (secondary N) is 1. The van der Waals surface area contributed by atoms with Crippen LogP contribution in [0.3, 0.4) is 0 Å². The minimum Gasteiger partial charge on any atom is -0.308 e. The van der Waals surface area contributed by atoms with E-state index in [1.54, 1.807) is 0 Å². The summed E-state index contributed by atoms with van der Waals surface area (Å²) in [5.41, 5.74) is 0.454. The molecule has 1 aliphatic carbocycles. The smallest absolute Gasteiger partial charge is 0.0309 e. The van der Waals surface area contributed by atoms with Crippen LogP contribution >= 0.6 is 0 Å². The fourth-order valence-electron chi connectivity index (χ4n) is 4.42. The summed E-state index contributed by atoms with van der Waals surface area (Å²) in [5.74, 6) is 1.61.